The number of carbonyl (C=O) groups is 1. The molecular formula is C14H13Cl2N3OS. The van der Waals surface area contributed by atoms with Crippen molar-refractivity contribution in [3.8, 4) is 10.6 Å². The number of halogens is 2. The van der Waals surface area contributed by atoms with E-state index in [-0.39, 0.29) is 11.9 Å². The van der Waals surface area contributed by atoms with Crippen molar-refractivity contribution in [2.24, 2.45) is 0 Å². The van der Waals surface area contributed by atoms with Crippen LogP contribution in [0.5, 0.6) is 0 Å². The van der Waals surface area contributed by atoms with E-state index in [2.05, 4.69) is 15.6 Å². The van der Waals surface area contributed by atoms with E-state index in [9.17, 15) is 4.79 Å². The minimum absolute atomic E-state index is 0.133. The van der Waals surface area contributed by atoms with Crippen molar-refractivity contribution in [2.75, 3.05) is 13.1 Å². The van der Waals surface area contributed by atoms with Gasteiger partial charge in [-0.2, -0.15) is 0 Å². The summed E-state index contributed by atoms with van der Waals surface area (Å²) in [6, 6.07) is 5.51. The standard InChI is InChI=1S/C14H13Cl2N3OS/c15-10-2-1-8(5-11(10)16)14-19-12(7-21-14)13(20)18-9-3-4-17-6-9/h1-2,5,7,9,17H,3-4,6H2,(H,18,20). The first-order valence-electron chi connectivity index (χ1n) is 6.56. The summed E-state index contributed by atoms with van der Waals surface area (Å²) in [5.41, 5.74) is 1.30. The lowest BCUT2D eigenvalue weighted by molar-refractivity contribution is 0.0936. The number of nitrogens with one attached hydrogen (secondary N) is 2. The summed E-state index contributed by atoms with van der Waals surface area (Å²) in [6.07, 6.45) is 0.954. The Morgan fingerprint density at radius 1 is 1.38 bits per heavy atom. The first-order chi connectivity index (χ1) is 10.1. The Hall–Kier alpha value is -1.14. The minimum atomic E-state index is -0.133. The highest BCUT2D eigenvalue weighted by molar-refractivity contribution is 7.13. The zero-order valence-electron chi connectivity index (χ0n) is 11.0. The van der Waals surface area contributed by atoms with Crippen molar-refractivity contribution < 1.29 is 4.79 Å². The molecule has 0 radical (unpaired) electrons. The van der Waals surface area contributed by atoms with Gasteiger partial charge in [-0.25, -0.2) is 4.98 Å². The van der Waals surface area contributed by atoms with Gasteiger partial charge in [-0.1, -0.05) is 29.3 Å². The number of thiazole rings is 1. The summed E-state index contributed by atoms with van der Waals surface area (Å²) in [4.78, 5) is 16.5. The number of carbonyl (C=O) groups excluding carboxylic acids is 1. The quantitative estimate of drug-likeness (QED) is 0.901. The Kier molecular flexibility index (Phi) is 4.45. The smallest absolute Gasteiger partial charge is 0.271 e. The lowest BCUT2D eigenvalue weighted by atomic mass is 10.2. The molecule has 2 heterocycles. The van der Waals surface area contributed by atoms with Gasteiger partial charge in [-0.3, -0.25) is 4.79 Å². The second-order valence-corrected chi connectivity index (χ2v) is 6.50. The van der Waals surface area contributed by atoms with Crippen LogP contribution in [0.3, 0.4) is 0 Å². The van der Waals surface area contributed by atoms with Crippen LogP contribution in [0.4, 0.5) is 0 Å². The van der Waals surface area contributed by atoms with Crippen molar-refractivity contribution in [3.63, 3.8) is 0 Å². The maximum Gasteiger partial charge on any atom is 0.271 e. The number of rotatable bonds is 3. The van der Waals surface area contributed by atoms with Crippen LogP contribution >= 0.6 is 34.5 Å². The molecule has 1 aromatic carbocycles. The summed E-state index contributed by atoms with van der Waals surface area (Å²) >= 11 is 13.3. The molecule has 0 saturated carbocycles. The molecule has 110 valence electrons. The average molecular weight is 342 g/mol. The molecule has 1 unspecified atom stereocenters. The van der Waals surface area contributed by atoms with E-state index >= 15 is 0 Å². The van der Waals surface area contributed by atoms with Crippen molar-refractivity contribution in [1.82, 2.24) is 15.6 Å². The van der Waals surface area contributed by atoms with Crippen LogP contribution in [0.15, 0.2) is 23.6 Å². The number of benzene rings is 1. The van der Waals surface area contributed by atoms with E-state index in [1.807, 2.05) is 6.07 Å². The number of hydrogen-bond donors (Lipinski definition) is 2. The zero-order valence-corrected chi connectivity index (χ0v) is 13.4. The lowest BCUT2D eigenvalue weighted by Gasteiger charge is -2.09. The number of amides is 1. The fourth-order valence-electron chi connectivity index (χ4n) is 2.18. The molecule has 0 aliphatic carbocycles. The van der Waals surface area contributed by atoms with E-state index in [1.165, 1.54) is 11.3 Å². The van der Waals surface area contributed by atoms with Gasteiger partial charge in [-0.05, 0) is 25.1 Å². The molecule has 1 aliphatic heterocycles. The highest BCUT2D eigenvalue weighted by atomic mass is 35.5. The van der Waals surface area contributed by atoms with Gasteiger partial charge >= 0.3 is 0 Å². The van der Waals surface area contributed by atoms with Crippen LogP contribution in [0.1, 0.15) is 16.9 Å². The molecule has 1 aliphatic rings. The molecule has 21 heavy (non-hydrogen) atoms. The highest BCUT2D eigenvalue weighted by Crippen LogP contribution is 2.30. The predicted octanol–water partition coefficient (Wildman–Crippen LogP) is 3.21. The van der Waals surface area contributed by atoms with Gasteiger partial charge in [0, 0.05) is 23.5 Å². The van der Waals surface area contributed by atoms with Gasteiger partial charge in [-0.15, -0.1) is 11.3 Å². The second kappa shape index (κ2) is 6.32. The highest BCUT2D eigenvalue weighted by Gasteiger charge is 2.19. The van der Waals surface area contributed by atoms with E-state index in [0.29, 0.717) is 15.7 Å². The number of nitrogens with zero attached hydrogens (tertiary/aromatic N) is 1. The van der Waals surface area contributed by atoms with Gasteiger partial charge in [0.25, 0.3) is 5.91 Å². The Balaban J connectivity index is 1.75. The Labute approximate surface area is 136 Å². The van der Waals surface area contributed by atoms with E-state index < -0.39 is 0 Å². The molecule has 1 aromatic heterocycles. The first-order valence-corrected chi connectivity index (χ1v) is 8.19. The number of aromatic nitrogens is 1. The fraction of sp³-hybridized carbons (Fsp3) is 0.286. The monoisotopic (exact) mass is 341 g/mol. The summed E-state index contributed by atoms with van der Waals surface area (Å²) in [7, 11) is 0. The lowest BCUT2D eigenvalue weighted by Crippen LogP contribution is -2.36. The summed E-state index contributed by atoms with van der Waals surface area (Å²) < 4.78 is 0. The number of hydrogen-bond acceptors (Lipinski definition) is 4. The minimum Gasteiger partial charge on any atom is -0.347 e. The summed E-state index contributed by atoms with van der Waals surface area (Å²) in [6.45, 7) is 1.76. The Bertz CT molecular complexity index is 668. The molecule has 1 amide bonds. The van der Waals surface area contributed by atoms with Crippen LogP contribution in [0.2, 0.25) is 10.0 Å². The maximum absolute atomic E-state index is 12.1. The van der Waals surface area contributed by atoms with Gasteiger partial charge in [0.1, 0.15) is 10.7 Å². The van der Waals surface area contributed by atoms with Crippen molar-refractivity contribution >= 4 is 40.4 Å². The topological polar surface area (TPSA) is 54.0 Å². The van der Waals surface area contributed by atoms with E-state index in [0.717, 1.165) is 30.1 Å². The first kappa shape index (κ1) is 14.8. The van der Waals surface area contributed by atoms with Crippen LogP contribution in [0, 0.1) is 0 Å². The normalized spacial score (nSPS) is 17.9. The second-order valence-electron chi connectivity index (χ2n) is 4.83. The molecule has 0 spiro atoms. The van der Waals surface area contributed by atoms with Crippen LogP contribution < -0.4 is 10.6 Å². The molecule has 2 N–H and O–H groups in total. The third-order valence-electron chi connectivity index (χ3n) is 3.30. The molecule has 4 nitrogen and oxygen atoms in total. The van der Waals surface area contributed by atoms with Gasteiger partial charge in [0.15, 0.2) is 0 Å². The third-order valence-corrected chi connectivity index (χ3v) is 4.93. The molecule has 1 fully saturated rings. The predicted molar refractivity (Wildman–Crippen MR) is 86.3 cm³/mol. The average Bonchev–Trinajstić information content (AvgIpc) is 3.12. The van der Waals surface area contributed by atoms with Gasteiger partial charge < -0.3 is 10.6 Å². The van der Waals surface area contributed by atoms with Crippen LogP contribution in [-0.2, 0) is 0 Å². The van der Waals surface area contributed by atoms with Crippen molar-refractivity contribution in [3.05, 3.63) is 39.3 Å². The fourth-order valence-corrected chi connectivity index (χ4v) is 3.27. The van der Waals surface area contributed by atoms with E-state index in [1.54, 1.807) is 17.5 Å². The largest absolute Gasteiger partial charge is 0.347 e. The molecule has 0 bridgehead atoms. The van der Waals surface area contributed by atoms with Crippen molar-refractivity contribution in [2.45, 2.75) is 12.5 Å². The SMILES string of the molecule is O=C(NC1CCNC1)c1csc(-c2ccc(Cl)c(Cl)c2)n1. The molecule has 1 atom stereocenters. The molecule has 1 saturated heterocycles. The van der Waals surface area contributed by atoms with Crippen LogP contribution in [-0.4, -0.2) is 30.0 Å². The summed E-state index contributed by atoms with van der Waals surface area (Å²) in [5.74, 6) is -0.133. The Morgan fingerprint density at radius 2 is 2.24 bits per heavy atom. The third kappa shape index (κ3) is 3.37. The molecular weight excluding hydrogens is 329 g/mol. The maximum atomic E-state index is 12.1. The van der Waals surface area contributed by atoms with Gasteiger partial charge in [0.05, 0.1) is 10.0 Å². The molecule has 2 aromatic rings. The molecule has 7 heteroatoms. The van der Waals surface area contributed by atoms with Gasteiger partial charge in [0.2, 0.25) is 0 Å². The van der Waals surface area contributed by atoms with E-state index in [4.69, 9.17) is 23.2 Å². The molecule has 3 rings (SSSR count). The van der Waals surface area contributed by atoms with Crippen LogP contribution in [0.25, 0.3) is 10.6 Å². The summed E-state index contributed by atoms with van der Waals surface area (Å²) in [5, 5.41) is 9.68. The zero-order chi connectivity index (χ0) is 14.8. The van der Waals surface area contributed by atoms with Crippen molar-refractivity contribution in [1.29, 1.82) is 0 Å². The Morgan fingerprint density at radius 3 is 2.95 bits per heavy atom.